The summed E-state index contributed by atoms with van der Waals surface area (Å²) in [7, 11) is 0. The molecule has 0 unspecified atom stereocenters. The number of piperidine rings is 1. The third kappa shape index (κ3) is 4.55. The van der Waals surface area contributed by atoms with E-state index in [1.54, 1.807) is 24.5 Å². The molecule has 2 aliphatic heterocycles. The lowest BCUT2D eigenvalue weighted by Crippen LogP contribution is -2.43. The highest BCUT2D eigenvalue weighted by atomic mass is 16.6. The Balaban J connectivity index is 1.11. The van der Waals surface area contributed by atoms with E-state index in [4.69, 9.17) is 9.47 Å². The Morgan fingerprint density at radius 2 is 1.87 bits per heavy atom. The fourth-order valence-corrected chi connectivity index (χ4v) is 4.29. The number of nitrogens with zero attached hydrogens (tertiary/aromatic N) is 4. The lowest BCUT2D eigenvalue weighted by Gasteiger charge is -2.32. The molecule has 1 N–H and O–H groups in total. The highest BCUT2D eigenvalue weighted by molar-refractivity contribution is 5.73. The van der Waals surface area contributed by atoms with Crippen molar-refractivity contribution in [2.24, 2.45) is 0 Å². The third-order valence-electron chi connectivity index (χ3n) is 6.04. The topological polar surface area (TPSA) is 81.5 Å². The fraction of sp³-hybridized carbons (Fsp3) is 0.435. The summed E-state index contributed by atoms with van der Waals surface area (Å²) in [6.07, 6.45) is 5.67. The minimum Gasteiger partial charge on any atom is -0.486 e. The van der Waals surface area contributed by atoms with Crippen LogP contribution in [0.2, 0.25) is 0 Å². The van der Waals surface area contributed by atoms with Crippen molar-refractivity contribution in [3.63, 3.8) is 0 Å². The van der Waals surface area contributed by atoms with Crippen LogP contribution in [0.25, 0.3) is 11.0 Å². The van der Waals surface area contributed by atoms with Gasteiger partial charge in [-0.25, -0.2) is 0 Å². The maximum Gasteiger partial charge on any atom is 0.251 e. The minimum absolute atomic E-state index is 0.0315. The van der Waals surface area contributed by atoms with Crippen LogP contribution in [0.1, 0.15) is 18.5 Å². The monoisotopic (exact) mass is 421 g/mol. The molecule has 0 aliphatic carbocycles. The van der Waals surface area contributed by atoms with Gasteiger partial charge in [-0.15, -0.1) is 0 Å². The van der Waals surface area contributed by atoms with Crippen LogP contribution in [0.15, 0.2) is 47.5 Å². The van der Waals surface area contributed by atoms with Crippen molar-refractivity contribution in [3.05, 3.63) is 58.8 Å². The number of likely N-dealkylation sites (tertiary alicyclic amines) is 1. The molecule has 8 heteroatoms. The molecule has 5 rings (SSSR count). The maximum atomic E-state index is 12.4. The lowest BCUT2D eigenvalue weighted by molar-refractivity contribution is 0.170. The SMILES string of the molecule is O=c1ccc2ncccc2n1CCN1CCC(NCc2cc3c(cn2)OCCO3)CC1. The Bertz CT molecular complexity index is 1110. The molecular formula is C23H27N5O3. The second-order valence-electron chi connectivity index (χ2n) is 8.05. The van der Waals surface area contributed by atoms with Crippen LogP contribution in [0.5, 0.6) is 11.5 Å². The average molecular weight is 422 g/mol. The number of nitrogens with one attached hydrogen (secondary N) is 1. The van der Waals surface area contributed by atoms with Crippen LogP contribution in [0.3, 0.4) is 0 Å². The van der Waals surface area contributed by atoms with Crippen molar-refractivity contribution in [1.82, 2.24) is 24.8 Å². The standard InChI is InChI=1S/C23H27N5O3/c29-23-4-3-19-20(2-1-7-24-19)28(23)11-10-27-8-5-17(6-9-27)25-15-18-14-21-22(16-26-18)31-13-12-30-21/h1-4,7,14,16-17,25H,5-6,8-13,15H2. The molecule has 2 aliphatic rings. The van der Waals surface area contributed by atoms with Crippen LogP contribution >= 0.6 is 0 Å². The Morgan fingerprint density at radius 3 is 2.74 bits per heavy atom. The summed E-state index contributed by atoms with van der Waals surface area (Å²) in [5, 5.41) is 3.62. The van der Waals surface area contributed by atoms with E-state index >= 15 is 0 Å². The molecular weight excluding hydrogens is 394 g/mol. The van der Waals surface area contributed by atoms with E-state index in [0.29, 0.717) is 25.8 Å². The van der Waals surface area contributed by atoms with Gasteiger partial charge in [-0.3, -0.25) is 14.8 Å². The van der Waals surface area contributed by atoms with Crippen molar-refractivity contribution in [3.8, 4) is 11.5 Å². The van der Waals surface area contributed by atoms with Crippen molar-refractivity contribution < 1.29 is 9.47 Å². The van der Waals surface area contributed by atoms with Crippen molar-refractivity contribution >= 4 is 11.0 Å². The van der Waals surface area contributed by atoms with Gasteiger partial charge in [-0.2, -0.15) is 0 Å². The zero-order valence-corrected chi connectivity index (χ0v) is 17.5. The van der Waals surface area contributed by atoms with Gasteiger partial charge in [0, 0.05) is 44.0 Å². The van der Waals surface area contributed by atoms with Gasteiger partial charge in [0.15, 0.2) is 11.5 Å². The minimum atomic E-state index is 0.0315. The van der Waals surface area contributed by atoms with Crippen molar-refractivity contribution in [2.45, 2.75) is 32.0 Å². The van der Waals surface area contributed by atoms with Crippen LogP contribution < -0.4 is 20.3 Å². The first-order valence-electron chi connectivity index (χ1n) is 10.9. The quantitative estimate of drug-likeness (QED) is 0.650. The van der Waals surface area contributed by atoms with Gasteiger partial charge < -0.3 is 24.3 Å². The normalized spacial score (nSPS) is 17.2. The first kappa shape index (κ1) is 20.0. The van der Waals surface area contributed by atoms with Gasteiger partial charge in [0.25, 0.3) is 5.56 Å². The first-order chi connectivity index (χ1) is 15.3. The molecule has 31 heavy (non-hydrogen) atoms. The summed E-state index contributed by atoms with van der Waals surface area (Å²) < 4.78 is 13.0. The van der Waals surface area contributed by atoms with Gasteiger partial charge in [0.05, 0.1) is 22.9 Å². The van der Waals surface area contributed by atoms with Crippen LogP contribution in [0, 0.1) is 0 Å². The maximum absolute atomic E-state index is 12.4. The van der Waals surface area contributed by atoms with Crippen LogP contribution in [-0.2, 0) is 13.1 Å². The number of fused-ring (bicyclic) bond motifs is 2. The smallest absolute Gasteiger partial charge is 0.251 e. The number of ether oxygens (including phenoxy) is 2. The molecule has 0 saturated carbocycles. The zero-order chi connectivity index (χ0) is 21.0. The van der Waals surface area contributed by atoms with Crippen molar-refractivity contribution in [1.29, 1.82) is 0 Å². The Labute approximate surface area is 180 Å². The van der Waals surface area contributed by atoms with Crippen molar-refractivity contribution in [2.75, 3.05) is 32.8 Å². The number of hydrogen-bond donors (Lipinski definition) is 1. The summed E-state index contributed by atoms with van der Waals surface area (Å²) >= 11 is 0. The van der Waals surface area contributed by atoms with Gasteiger partial charge in [-0.05, 0) is 44.1 Å². The van der Waals surface area contributed by atoms with Crippen LogP contribution in [0.4, 0.5) is 0 Å². The molecule has 1 saturated heterocycles. The number of pyridine rings is 3. The molecule has 0 radical (unpaired) electrons. The Hall–Kier alpha value is -2.97. The fourth-order valence-electron chi connectivity index (χ4n) is 4.29. The van der Waals surface area contributed by atoms with Gasteiger partial charge >= 0.3 is 0 Å². The second kappa shape index (κ2) is 9.03. The molecule has 0 amide bonds. The summed E-state index contributed by atoms with van der Waals surface area (Å²) in [6.45, 7) is 5.47. The number of rotatable bonds is 6. The first-order valence-corrected chi connectivity index (χ1v) is 10.9. The lowest BCUT2D eigenvalue weighted by atomic mass is 10.0. The summed E-state index contributed by atoms with van der Waals surface area (Å²) in [4.78, 5) is 23.6. The van der Waals surface area contributed by atoms with Gasteiger partial charge in [0.1, 0.15) is 13.2 Å². The molecule has 8 nitrogen and oxygen atoms in total. The van der Waals surface area contributed by atoms with Crippen LogP contribution in [-0.4, -0.2) is 58.3 Å². The highest BCUT2D eigenvalue weighted by Gasteiger charge is 2.20. The molecule has 162 valence electrons. The Morgan fingerprint density at radius 1 is 1.03 bits per heavy atom. The molecule has 0 spiro atoms. The predicted molar refractivity (Wildman–Crippen MR) is 118 cm³/mol. The number of aromatic nitrogens is 3. The van der Waals surface area contributed by atoms with E-state index in [1.165, 1.54) is 0 Å². The van der Waals surface area contributed by atoms with E-state index in [2.05, 4.69) is 20.2 Å². The van der Waals surface area contributed by atoms with E-state index in [9.17, 15) is 4.79 Å². The largest absolute Gasteiger partial charge is 0.486 e. The molecule has 0 bridgehead atoms. The summed E-state index contributed by atoms with van der Waals surface area (Å²) in [5.41, 5.74) is 2.76. The summed E-state index contributed by atoms with van der Waals surface area (Å²) in [5.74, 6) is 1.51. The average Bonchev–Trinajstić information content (AvgIpc) is 2.82. The molecule has 0 atom stereocenters. The molecule has 5 heterocycles. The molecule has 0 aromatic carbocycles. The summed E-state index contributed by atoms with van der Waals surface area (Å²) in [6, 6.07) is 9.68. The predicted octanol–water partition coefficient (Wildman–Crippen LogP) is 1.82. The van der Waals surface area contributed by atoms with E-state index < -0.39 is 0 Å². The molecule has 3 aromatic heterocycles. The van der Waals surface area contributed by atoms with E-state index in [0.717, 1.165) is 67.2 Å². The molecule has 3 aromatic rings. The zero-order valence-electron chi connectivity index (χ0n) is 17.5. The number of hydrogen-bond acceptors (Lipinski definition) is 7. The van der Waals surface area contributed by atoms with Gasteiger partial charge in [0.2, 0.25) is 0 Å². The highest BCUT2D eigenvalue weighted by Crippen LogP contribution is 2.29. The third-order valence-corrected chi connectivity index (χ3v) is 6.04. The van der Waals surface area contributed by atoms with E-state index in [-0.39, 0.29) is 5.56 Å². The second-order valence-corrected chi connectivity index (χ2v) is 8.05. The Kier molecular flexibility index (Phi) is 5.82. The van der Waals surface area contributed by atoms with E-state index in [1.807, 2.05) is 22.8 Å². The molecule has 1 fully saturated rings. The van der Waals surface area contributed by atoms with Gasteiger partial charge in [-0.1, -0.05) is 0 Å².